The Labute approximate surface area is 191 Å². The monoisotopic (exact) mass is 444 g/mol. The van der Waals surface area contributed by atoms with Gasteiger partial charge in [0.2, 0.25) is 0 Å². The van der Waals surface area contributed by atoms with E-state index >= 15 is 0 Å². The normalized spacial score (nSPS) is 13.3. The van der Waals surface area contributed by atoms with Gasteiger partial charge in [0.1, 0.15) is 12.4 Å². The molecule has 1 aliphatic heterocycles. The molecule has 0 atom stereocenters. The molecule has 1 amide bonds. The van der Waals surface area contributed by atoms with Gasteiger partial charge in [-0.15, -0.1) is 0 Å². The van der Waals surface area contributed by atoms with Crippen LogP contribution in [0.5, 0.6) is 5.75 Å². The summed E-state index contributed by atoms with van der Waals surface area (Å²) in [6, 6.07) is 21.1. The predicted octanol–water partition coefficient (Wildman–Crippen LogP) is 4.54. The van der Waals surface area contributed by atoms with Gasteiger partial charge in [0.05, 0.1) is 11.1 Å². The molecule has 1 heterocycles. The second-order valence-electron chi connectivity index (χ2n) is 7.72. The number of nitro groups is 1. The van der Waals surface area contributed by atoms with Crippen LogP contribution in [-0.4, -0.2) is 30.1 Å². The molecule has 0 radical (unpaired) electrons. The van der Waals surface area contributed by atoms with Crippen LogP contribution in [-0.2, 0) is 6.61 Å². The number of benzene rings is 3. The number of non-ortho nitro benzene ring substituents is 1. The number of anilines is 1. The third-order valence-corrected chi connectivity index (χ3v) is 5.39. The Morgan fingerprint density at radius 3 is 2.48 bits per heavy atom. The van der Waals surface area contributed by atoms with Crippen LogP contribution in [0.3, 0.4) is 0 Å². The van der Waals surface area contributed by atoms with Crippen LogP contribution in [0.25, 0.3) is 0 Å². The quantitative estimate of drug-likeness (QED) is 0.313. The van der Waals surface area contributed by atoms with Crippen molar-refractivity contribution in [3.8, 4) is 5.75 Å². The number of hydrogen-bond donors (Lipinski definition) is 1. The summed E-state index contributed by atoms with van der Waals surface area (Å²) in [7, 11) is 0. The molecule has 1 saturated heterocycles. The highest BCUT2D eigenvalue weighted by Crippen LogP contribution is 2.20. The van der Waals surface area contributed by atoms with Gasteiger partial charge in [-0.05, 0) is 72.5 Å². The van der Waals surface area contributed by atoms with E-state index in [1.54, 1.807) is 30.5 Å². The highest BCUT2D eigenvalue weighted by molar-refractivity contribution is 5.95. The molecule has 1 fully saturated rings. The fourth-order valence-corrected chi connectivity index (χ4v) is 3.61. The molecule has 168 valence electrons. The second-order valence-corrected chi connectivity index (χ2v) is 7.72. The molecule has 1 N–H and O–H groups in total. The van der Waals surface area contributed by atoms with E-state index in [9.17, 15) is 14.9 Å². The summed E-state index contributed by atoms with van der Waals surface area (Å²) in [5.41, 5.74) is 5.78. The van der Waals surface area contributed by atoms with E-state index in [-0.39, 0.29) is 18.2 Å². The first-order valence-electron chi connectivity index (χ1n) is 10.7. The van der Waals surface area contributed by atoms with E-state index in [1.807, 2.05) is 36.4 Å². The number of amides is 1. The van der Waals surface area contributed by atoms with E-state index < -0.39 is 4.92 Å². The molecule has 8 heteroatoms. The van der Waals surface area contributed by atoms with Gasteiger partial charge in [-0.1, -0.05) is 12.1 Å². The second kappa shape index (κ2) is 10.4. The van der Waals surface area contributed by atoms with Crippen molar-refractivity contribution in [3.05, 3.63) is 99.6 Å². The number of carbonyl (C=O) groups is 1. The Hall–Kier alpha value is -4.20. The van der Waals surface area contributed by atoms with Crippen molar-refractivity contribution in [1.82, 2.24) is 5.43 Å². The first-order chi connectivity index (χ1) is 16.1. The van der Waals surface area contributed by atoms with Gasteiger partial charge in [-0.2, -0.15) is 5.10 Å². The maximum atomic E-state index is 12.3. The molecule has 33 heavy (non-hydrogen) atoms. The van der Waals surface area contributed by atoms with Crippen molar-refractivity contribution in [1.29, 1.82) is 0 Å². The van der Waals surface area contributed by atoms with E-state index in [2.05, 4.69) is 15.4 Å². The van der Waals surface area contributed by atoms with Crippen LogP contribution < -0.4 is 15.1 Å². The fourth-order valence-electron chi connectivity index (χ4n) is 3.61. The smallest absolute Gasteiger partial charge is 0.271 e. The number of nitro benzene ring substituents is 1. The third kappa shape index (κ3) is 5.94. The van der Waals surface area contributed by atoms with Gasteiger partial charge < -0.3 is 9.64 Å². The Morgan fingerprint density at radius 1 is 1.06 bits per heavy atom. The lowest BCUT2D eigenvalue weighted by Gasteiger charge is -2.17. The zero-order chi connectivity index (χ0) is 23.0. The van der Waals surface area contributed by atoms with Crippen molar-refractivity contribution >= 4 is 23.5 Å². The summed E-state index contributed by atoms with van der Waals surface area (Å²) in [5, 5.41) is 14.9. The van der Waals surface area contributed by atoms with Crippen molar-refractivity contribution in [2.45, 2.75) is 19.4 Å². The van der Waals surface area contributed by atoms with E-state index in [4.69, 9.17) is 4.74 Å². The molecule has 3 aromatic rings. The van der Waals surface area contributed by atoms with Gasteiger partial charge >= 0.3 is 0 Å². The summed E-state index contributed by atoms with van der Waals surface area (Å²) < 4.78 is 5.69. The molecular formula is C25H24N4O4. The SMILES string of the molecule is O=C(N/N=C\c1ccc(OCc2cccc([N+](=O)[O-])c2)cc1)c1ccc(N2CCCC2)cc1. The zero-order valence-corrected chi connectivity index (χ0v) is 18.0. The van der Waals surface area contributed by atoms with Crippen LogP contribution in [0.2, 0.25) is 0 Å². The topological polar surface area (TPSA) is 97.1 Å². The van der Waals surface area contributed by atoms with E-state index in [0.29, 0.717) is 16.9 Å². The molecule has 1 aliphatic rings. The van der Waals surface area contributed by atoms with Gasteiger partial charge in [0.25, 0.3) is 11.6 Å². The Balaban J connectivity index is 1.27. The average molecular weight is 444 g/mol. The van der Waals surface area contributed by atoms with Gasteiger partial charge in [-0.3, -0.25) is 14.9 Å². The largest absolute Gasteiger partial charge is 0.489 e. The highest BCUT2D eigenvalue weighted by atomic mass is 16.6. The number of hydrazone groups is 1. The predicted molar refractivity (Wildman–Crippen MR) is 127 cm³/mol. The number of carbonyl (C=O) groups excluding carboxylic acids is 1. The van der Waals surface area contributed by atoms with Crippen molar-refractivity contribution < 1.29 is 14.5 Å². The first-order valence-corrected chi connectivity index (χ1v) is 10.7. The minimum Gasteiger partial charge on any atom is -0.489 e. The summed E-state index contributed by atoms with van der Waals surface area (Å²) in [6.07, 6.45) is 3.98. The number of ether oxygens (including phenoxy) is 1. The number of nitrogens with zero attached hydrogens (tertiary/aromatic N) is 3. The third-order valence-electron chi connectivity index (χ3n) is 5.39. The minimum absolute atomic E-state index is 0.0345. The van der Waals surface area contributed by atoms with Crippen molar-refractivity contribution in [3.63, 3.8) is 0 Å². The fraction of sp³-hybridized carbons (Fsp3) is 0.200. The van der Waals surface area contributed by atoms with Crippen molar-refractivity contribution in [2.75, 3.05) is 18.0 Å². The van der Waals surface area contributed by atoms with Gasteiger partial charge in [-0.25, -0.2) is 5.43 Å². The molecule has 4 rings (SSSR count). The van der Waals surface area contributed by atoms with Crippen LogP contribution in [0.15, 0.2) is 77.9 Å². The van der Waals surface area contributed by atoms with E-state index in [1.165, 1.54) is 25.0 Å². The molecule has 0 unspecified atom stereocenters. The van der Waals surface area contributed by atoms with Crippen LogP contribution in [0, 0.1) is 10.1 Å². The lowest BCUT2D eigenvalue weighted by molar-refractivity contribution is -0.384. The average Bonchev–Trinajstić information content (AvgIpc) is 3.39. The molecule has 0 saturated carbocycles. The van der Waals surface area contributed by atoms with Gasteiger partial charge in [0.15, 0.2) is 0 Å². The Morgan fingerprint density at radius 2 is 1.79 bits per heavy atom. The van der Waals surface area contributed by atoms with Gasteiger partial charge in [0, 0.05) is 36.5 Å². The first kappa shape index (κ1) is 22.0. The maximum Gasteiger partial charge on any atom is 0.271 e. The standard InChI is InChI=1S/C25H24N4O4/c30-25(21-8-10-22(11-9-21)28-14-1-2-15-28)27-26-17-19-6-12-24(13-7-19)33-18-20-4-3-5-23(16-20)29(31)32/h3-13,16-17H,1-2,14-15,18H2,(H,27,30)/b26-17-. The molecule has 3 aromatic carbocycles. The van der Waals surface area contributed by atoms with Crippen LogP contribution >= 0.6 is 0 Å². The molecule has 0 aliphatic carbocycles. The summed E-state index contributed by atoms with van der Waals surface area (Å²) in [4.78, 5) is 25.1. The van der Waals surface area contributed by atoms with Crippen LogP contribution in [0.1, 0.15) is 34.3 Å². The Bertz CT molecular complexity index is 1140. The van der Waals surface area contributed by atoms with Crippen LogP contribution in [0.4, 0.5) is 11.4 Å². The number of nitrogens with one attached hydrogen (secondary N) is 1. The Kier molecular flexibility index (Phi) is 6.94. The number of hydrogen-bond acceptors (Lipinski definition) is 6. The zero-order valence-electron chi connectivity index (χ0n) is 18.0. The highest BCUT2D eigenvalue weighted by Gasteiger charge is 2.13. The minimum atomic E-state index is -0.431. The number of rotatable bonds is 8. The van der Waals surface area contributed by atoms with Crippen molar-refractivity contribution in [2.24, 2.45) is 5.10 Å². The molecule has 0 spiro atoms. The lowest BCUT2D eigenvalue weighted by atomic mass is 10.2. The molecule has 0 bridgehead atoms. The molecule has 8 nitrogen and oxygen atoms in total. The van der Waals surface area contributed by atoms with E-state index in [0.717, 1.165) is 24.3 Å². The summed E-state index contributed by atoms with van der Waals surface area (Å²) in [5.74, 6) is 0.358. The molecule has 0 aromatic heterocycles. The summed E-state index contributed by atoms with van der Waals surface area (Å²) >= 11 is 0. The maximum absolute atomic E-state index is 12.3. The summed E-state index contributed by atoms with van der Waals surface area (Å²) in [6.45, 7) is 2.35. The lowest BCUT2D eigenvalue weighted by Crippen LogP contribution is -2.19. The molecular weight excluding hydrogens is 420 g/mol.